The first kappa shape index (κ1) is 29.8. The average Bonchev–Trinajstić information content (AvgIpc) is 3.46. The number of amides is 4. The smallest absolute Gasteiger partial charge is 0.241 e. The Morgan fingerprint density at radius 1 is 0.787 bits per heavy atom. The van der Waals surface area contributed by atoms with Crippen LogP contribution in [0.2, 0.25) is 0 Å². The van der Waals surface area contributed by atoms with Crippen molar-refractivity contribution in [1.82, 2.24) is 9.80 Å². The summed E-state index contributed by atoms with van der Waals surface area (Å²) in [5, 5.41) is 11.2. The summed E-state index contributed by atoms with van der Waals surface area (Å²) in [6.07, 6.45) is 4.22. The number of nitrogens with zero attached hydrogens (tertiary/aromatic N) is 3. The van der Waals surface area contributed by atoms with Gasteiger partial charge in [-0.25, -0.2) is 4.90 Å². The van der Waals surface area contributed by atoms with E-state index in [4.69, 9.17) is 0 Å². The molecule has 3 heterocycles. The number of allylic oxidation sites excluding steroid dienone is 2. The van der Waals surface area contributed by atoms with Crippen LogP contribution >= 0.6 is 0 Å². The van der Waals surface area contributed by atoms with Crippen molar-refractivity contribution in [2.45, 2.75) is 51.1 Å². The van der Waals surface area contributed by atoms with Crippen molar-refractivity contribution in [3.05, 3.63) is 108 Å². The van der Waals surface area contributed by atoms with Gasteiger partial charge in [0.05, 0.1) is 28.9 Å². The van der Waals surface area contributed by atoms with Crippen LogP contribution in [0.1, 0.15) is 49.7 Å². The molecule has 3 aliphatic heterocycles. The molecule has 0 spiro atoms. The van der Waals surface area contributed by atoms with E-state index in [-0.39, 0.29) is 41.3 Å². The Balaban J connectivity index is 1.12. The maximum absolute atomic E-state index is 14.4. The average molecular weight is 630 g/mol. The molecule has 0 bridgehead atoms. The Morgan fingerprint density at radius 2 is 1.45 bits per heavy atom. The molecule has 8 rings (SSSR count). The molecule has 3 saturated heterocycles. The normalized spacial score (nSPS) is 31.1. The molecule has 8 nitrogen and oxygen atoms in total. The van der Waals surface area contributed by atoms with Gasteiger partial charge in [-0.05, 0) is 62.3 Å². The van der Waals surface area contributed by atoms with Crippen LogP contribution in [0.15, 0.2) is 96.6 Å². The molecule has 4 fully saturated rings. The molecule has 3 aromatic carbocycles. The zero-order chi connectivity index (χ0) is 32.4. The highest BCUT2D eigenvalue weighted by Crippen LogP contribution is 2.64. The number of piperidine rings is 1. The number of para-hydroxylation sites is 2. The van der Waals surface area contributed by atoms with Crippen molar-refractivity contribution < 1.29 is 24.3 Å². The van der Waals surface area contributed by atoms with Gasteiger partial charge in [-0.1, -0.05) is 78.4 Å². The van der Waals surface area contributed by atoms with Crippen LogP contribution < -0.4 is 4.90 Å². The predicted molar refractivity (Wildman–Crippen MR) is 176 cm³/mol. The fourth-order valence-electron chi connectivity index (χ4n) is 9.48. The fraction of sp³-hybridized carbons (Fsp3) is 0.385. The van der Waals surface area contributed by atoms with E-state index >= 15 is 0 Å². The van der Waals surface area contributed by atoms with Gasteiger partial charge in [-0.3, -0.25) is 29.0 Å². The summed E-state index contributed by atoms with van der Waals surface area (Å²) < 4.78 is 0. The zero-order valence-electron chi connectivity index (χ0n) is 26.5. The molecule has 5 aliphatic rings. The van der Waals surface area contributed by atoms with Crippen LogP contribution in [0.25, 0.3) is 0 Å². The monoisotopic (exact) mass is 629 g/mol. The maximum atomic E-state index is 14.4. The van der Waals surface area contributed by atoms with Gasteiger partial charge in [0, 0.05) is 37.2 Å². The molecule has 6 atom stereocenters. The minimum atomic E-state index is -1.17. The van der Waals surface area contributed by atoms with E-state index in [1.54, 1.807) is 41.3 Å². The van der Waals surface area contributed by atoms with E-state index in [2.05, 4.69) is 17.0 Å². The van der Waals surface area contributed by atoms with E-state index in [0.717, 1.165) is 38.0 Å². The van der Waals surface area contributed by atoms with Crippen LogP contribution in [0.5, 0.6) is 5.75 Å². The van der Waals surface area contributed by atoms with Crippen LogP contribution in [-0.4, -0.2) is 57.7 Å². The van der Waals surface area contributed by atoms with Gasteiger partial charge in [-0.15, -0.1) is 0 Å². The molecule has 1 saturated carbocycles. The minimum Gasteiger partial charge on any atom is -0.508 e. The van der Waals surface area contributed by atoms with Crippen molar-refractivity contribution in [1.29, 1.82) is 0 Å². The van der Waals surface area contributed by atoms with Gasteiger partial charge >= 0.3 is 0 Å². The van der Waals surface area contributed by atoms with E-state index in [1.807, 2.05) is 49.4 Å². The number of phenols is 1. The molecule has 0 radical (unpaired) electrons. The minimum absolute atomic E-state index is 0.0530. The third-order valence-electron chi connectivity index (χ3n) is 11.7. The van der Waals surface area contributed by atoms with Gasteiger partial charge in [-0.2, -0.15) is 0 Å². The van der Waals surface area contributed by atoms with E-state index in [1.165, 1.54) is 10.5 Å². The van der Waals surface area contributed by atoms with Crippen LogP contribution in [0.4, 0.5) is 5.69 Å². The van der Waals surface area contributed by atoms with Crippen molar-refractivity contribution in [2.24, 2.45) is 29.1 Å². The van der Waals surface area contributed by atoms with Gasteiger partial charge < -0.3 is 5.11 Å². The lowest BCUT2D eigenvalue weighted by molar-refractivity contribution is -0.144. The molecule has 47 heavy (non-hydrogen) atoms. The number of imide groups is 2. The first-order chi connectivity index (χ1) is 22.8. The Kier molecular flexibility index (Phi) is 7.17. The van der Waals surface area contributed by atoms with Crippen LogP contribution in [0.3, 0.4) is 0 Å². The van der Waals surface area contributed by atoms with Gasteiger partial charge in [0.2, 0.25) is 23.6 Å². The highest BCUT2D eigenvalue weighted by Gasteiger charge is 2.68. The second-order valence-corrected chi connectivity index (χ2v) is 14.1. The third kappa shape index (κ3) is 4.52. The van der Waals surface area contributed by atoms with Gasteiger partial charge in [0.1, 0.15) is 5.75 Å². The third-order valence-corrected chi connectivity index (χ3v) is 11.7. The molecule has 0 unspecified atom stereocenters. The molecule has 240 valence electrons. The summed E-state index contributed by atoms with van der Waals surface area (Å²) in [5.41, 5.74) is 2.06. The summed E-state index contributed by atoms with van der Waals surface area (Å²) in [5.74, 6) is -3.56. The van der Waals surface area contributed by atoms with Gasteiger partial charge in [0.15, 0.2) is 0 Å². The number of hydrogen-bond acceptors (Lipinski definition) is 6. The molecule has 4 amide bonds. The lowest BCUT2D eigenvalue weighted by atomic mass is 9.51. The second kappa shape index (κ2) is 11.3. The van der Waals surface area contributed by atoms with Crippen molar-refractivity contribution in [3.8, 4) is 5.75 Å². The molecular weight excluding hydrogens is 590 g/mol. The van der Waals surface area contributed by atoms with Crippen LogP contribution in [0, 0.1) is 29.1 Å². The molecule has 0 aromatic heterocycles. The number of phenolic OH excluding ortho intramolecular Hbond substituents is 1. The number of fused-ring (bicyclic) bond motifs is 4. The first-order valence-electron chi connectivity index (χ1n) is 16.8. The molecule has 8 heteroatoms. The topological polar surface area (TPSA) is 98.2 Å². The highest BCUT2D eigenvalue weighted by atomic mass is 16.3. The number of carbonyl (C=O) groups is 4. The summed E-state index contributed by atoms with van der Waals surface area (Å²) in [4.78, 5) is 62.4. The molecule has 2 aliphatic carbocycles. The quantitative estimate of drug-likeness (QED) is 0.305. The summed E-state index contributed by atoms with van der Waals surface area (Å²) in [7, 11) is 0. The number of rotatable bonds is 5. The first-order valence-corrected chi connectivity index (χ1v) is 16.8. The lowest BCUT2D eigenvalue weighted by Gasteiger charge is -2.49. The molecule has 3 aromatic rings. The number of aromatic hydroxyl groups is 1. The highest BCUT2D eigenvalue weighted by molar-refractivity contribution is 6.24. The predicted octanol–water partition coefficient (Wildman–Crippen LogP) is 5.29. The Bertz CT molecular complexity index is 1780. The van der Waals surface area contributed by atoms with Crippen molar-refractivity contribution in [3.63, 3.8) is 0 Å². The zero-order valence-corrected chi connectivity index (χ0v) is 26.5. The Hall–Kier alpha value is -4.56. The maximum Gasteiger partial charge on any atom is 0.241 e. The van der Waals surface area contributed by atoms with Crippen molar-refractivity contribution >= 4 is 29.3 Å². The summed E-state index contributed by atoms with van der Waals surface area (Å²) >= 11 is 0. The number of likely N-dealkylation sites (tertiary alicyclic amines) is 2. The van der Waals surface area contributed by atoms with Gasteiger partial charge in [0.25, 0.3) is 0 Å². The van der Waals surface area contributed by atoms with E-state index in [0.29, 0.717) is 24.1 Å². The molecule has 1 N–H and O–H groups in total. The SMILES string of the molecule is C[C@@]12C(=O)N(c3ccccc3)C(=O)[C@@H]1C[C@@H]1C(=CC[C@@H]3C(=O)N(C4CCN(Cc5ccccc5)CC4)C(=O)[C@@H]31)[C@@H]2c1ccccc1O. The van der Waals surface area contributed by atoms with E-state index in [9.17, 15) is 24.3 Å². The fourth-order valence-corrected chi connectivity index (χ4v) is 9.48. The molecular formula is C39H39N3O5. The second-order valence-electron chi connectivity index (χ2n) is 14.1. The Labute approximate surface area is 274 Å². The number of hydrogen-bond donors (Lipinski definition) is 1. The largest absolute Gasteiger partial charge is 0.508 e. The van der Waals surface area contributed by atoms with Crippen LogP contribution in [-0.2, 0) is 25.7 Å². The van der Waals surface area contributed by atoms with Crippen molar-refractivity contribution in [2.75, 3.05) is 18.0 Å². The van der Waals surface area contributed by atoms with E-state index < -0.39 is 29.1 Å². The number of benzene rings is 3. The summed E-state index contributed by atoms with van der Waals surface area (Å²) in [6.45, 7) is 4.30. The number of carbonyl (C=O) groups excluding carboxylic acids is 4. The standard InChI is InChI=1S/C39H39N3O5/c1-39-31(36(45)42(38(39)47)25-12-6-3-7-13-25)22-30-27(34(39)28-14-8-9-15-32(28)43)16-17-29-33(30)37(46)41(35(29)44)26-18-20-40(21-19-26)23-24-10-4-2-5-11-24/h2-16,26,29-31,33-34,43H,17-23H2,1H3/t29-,30+,31-,33-,34+,39+/m0/s1. The lowest BCUT2D eigenvalue weighted by Crippen LogP contribution is -2.49. The Morgan fingerprint density at radius 3 is 2.15 bits per heavy atom. The summed E-state index contributed by atoms with van der Waals surface area (Å²) in [6, 6.07) is 26.1. The number of anilines is 1.